The van der Waals surface area contributed by atoms with Crippen LogP contribution in [-0.2, 0) is 10.1 Å². The Kier molecular flexibility index (Phi) is 4.37. The molecule has 2 aromatic rings. The van der Waals surface area contributed by atoms with Crippen molar-refractivity contribution in [2.45, 2.75) is 38.5 Å². The molecule has 0 atom stereocenters. The molecule has 0 fully saturated rings. The minimum absolute atomic E-state index is 0.164. The summed E-state index contributed by atoms with van der Waals surface area (Å²) in [6.45, 7) is 7.95. The summed E-state index contributed by atoms with van der Waals surface area (Å²) in [5.41, 5.74) is 2.84. The second-order valence-electron chi connectivity index (χ2n) is 5.49. The molecular weight excluding hydrogens is 284 g/mol. The third-order valence-electron chi connectivity index (χ3n) is 3.37. The second kappa shape index (κ2) is 5.90. The first-order valence-electron chi connectivity index (χ1n) is 6.92. The molecule has 2 aromatic carbocycles. The monoisotopic (exact) mass is 304 g/mol. The number of rotatable bonds is 4. The first-order valence-corrected chi connectivity index (χ1v) is 8.33. The van der Waals surface area contributed by atoms with Crippen molar-refractivity contribution in [1.82, 2.24) is 0 Å². The van der Waals surface area contributed by atoms with Crippen molar-refractivity contribution in [3.63, 3.8) is 0 Å². The van der Waals surface area contributed by atoms with Crippen LogP contribution >= 0.6 is 0 Å². The third kappa shape index (κ3) is 3.45. The molecule has 0 amide bonds. The van der Waals surface area contributed by atoms with Crippen LogP contribution in [0.25, 0.3) is 0 Å². The summed E-state index contributed by atoms with van der Waals surface area (Å²) in [6, 6.07) is 12.1. The Morgan fingerprint density at radius 3 is 1.95 bits per heavy atom. The third-order valence-corrected chi connectivity index (χ3v) is 4.61. The smallest absolute Gasteiger partial charge is 0.339 e. The Bertz CT molecular complexity index is 709. The predicted molar refractivity (Wildman–Crippen MR) is 84.3 cm³/mol. The lowest BCUT2D eigenvalue weighted by molar-refractivity contribution is 0.482. The molecule has 3 nitrogen and oxygen atoms in total. The van der Waals surface area contributed by atoms with E-state index in [0.717, 1.165) is 11.1 Å². The molecule has 112 valence electrons. The zero-order valence-corrected chi connectivity index (χ0v) is 13.6. The summed E-state index contributed by atoms with van der Waals surface area (Å²) in [5, 5.41) is 0. The van der Waals surface area contributed by atoms with Crippen LogP contribution in [0.3, 0.4) is 0 Å². The number of aryl methyl sites for hydroxylation is 2. The molecule has 0 aromatic heterocycles. The van der Waals surface area contributed by atoms with Crippen LogP contribution in [0.5, 0.6) is 5.75 Å². The van der Waals surface area contributed by atoms with Gasteiger partial charge >= 0.3 is 10.1 Å². The molecule has 4 heteroatoms. The van der Waals surface area contributed by atoms with E-state index in [0.29, 0.717) is 11.7 Å². The standard InChI is InChI=1S/C17H20O3S/c1-12(2)15-10-13(3)17(14(4)11-15)20-21(18,19)16-8-6-5-7-9-16/h5-12H,1-4H3. The van der Waals surface area contributed by atoms with Crippen LogP contribution in [0, 0.1) is 13.8 Å². The van der Waals surface area contributed by atoms with Gasteiger partial charge < -0.3 is 4.18 Å². The Morgan fingerprint density at radius 1 is 0.952 bits per heavy atom. The fraction of sp³-hybridized carbons (Fsp3) is 0.294. The largest absolute Gasteiger partial charge is 0.378 e. The van der Waals surface area contributed by atoms with E-state index in [-0.39, 0.29) is 4.90 Å². The molecule has 21 heavy (non-hydrogen) atoms. The molecule has 0 saturated heterocycles. The minimum Gasteiger partial charge on any atom is -0.378 e. The van der Waals surface area contributed by atoms with Gasteiger partial charge in [-0.1, -0.05) is 44.2 Å². The Labute approximate surface area is 126 Å². The van der Waals surface area contributed by atoms with Gasteiger partial charge in [0.25, 0.3) is 0 Å². The molecule has 0 saturated carbocycles. The van der Waals surface area contributed by atoms with Crippen molar-refractivity contribution in [2.24, 2.45) is 0 Å². The van der Waals surface area contributed by atoms with Gasteiger partial charge in [0.15, 0.2) is 0 Å². The van der Waals surface area contributed by atoms with Crippen molar-refractivity contribution in [3.8, 4) is 5.75 Å². The molecule has 2 rings (SSSR count). The van der Waals surface area contributed by atoms with E-state index in [1.54, 1.807) is 18.2 Å². The van der Waals surface area contributed by atoms with Crippen LogP contribution in [-0.4, -0.2) is 8.42 Å². The SMILES string of the molecule is Cc1cc(C(C)C)cc(C)c1OS(=O)(=O)c1ccccc1. The maximum absolute atomic E-state index is 12.3. The zero-order valence-electron chi connectivity index (χ0n) is 12.8. The maximum Gasteiger partial charge on any atom is 0.339 e. The molecule has 0 aliphatic heterocycles. The maximum atomic E-state index is 12.3. The molecule has 0 N–H and O–H groups in total. The summed E-state index contributed by atoms with van der Waals surface area (Å²) in [6.07, 6.45) is 0. The minimum atomic E-state index is -3.79. The van der Waals surface area contributed by atoms with Crippen molar-refractivity contribution in [1.29, 1.82) is 0 Å². The van der Waals surface area contributed by atoms with E-state index < -0.39 is 10.1 Å². The fourth-order valence-corrected chi connectivity index (χ4v) is 3.26. The van der Waals surface area contributed by atoms with E-state index in [1.807, 2.05) is 26.0 Å². The summed E-state index contributed by atoms with van der Waals surface area (Å²) in [5.74, 6) is 0.811. The van der Waals surface area contributed by atoms with E-state index in [1.165, 1.54) is 17.7 Å². The van der Waals surface area contributed by atoms with Crippen LogP contribution < -0.4 is 4.18 Å². The first kappa shape index (κ1) is 15.6. The lowest BCUT2D eigenvalue weighted by Gasteiger charge is -2.15. The van der Waals surface area contributed by atoms with Crippen molar-refractivity contribution >= 4 is 10.1 Å². The van der Waals surface area contributed by atoms with Gasteiger partial charge in [-0.3, -0.25) is 0 Å². The summed E-state index contributed by atoms with van der Waals surface area (Å²) < 4.78 is 30.0. The highest BCUT2D eigenvalue weighted by molar-refractivity contribution is 7.87. The van der Waals surface area contributed by atoms with Gasteiger partial charge in [-0.25, -0.2) is 0 Å². The quantitative estimate of drug-likeness (QED) is 0.795. The van der Waals surface area contributed by atoms with Gasteiger partial charge in [-0.15, -0.1) is 0 Å². The molecule has 0 radical (unpaired) electrons. The van der Waals surface area contributed by atoms with Gasteiger partial charge in [0.1, 0.15) is 10.6 Å². The van der Waals surface area contributed by atoms with Gasteiger partial charge in [-0.05, 0) is 48.6 Å². The molecule has 0 bridgehead atoms. The molecule has 0 unspecified atom stereocenters. The summed E-state index contributed by atoms with van der Waals surface area (Å²) >= 11 is 0. The lowest BCUT2D eigenvalue weighted by Crippen LogP contribution is -2.11. The van der Waals surface area contributed by atoms with Crippen molar-refractivity contribution < 1.29 is 12.6 Å². The van der Waals surface area contributed by atoms with Crippen LogP contribution in [0.15, 0.2) is 47.4 Å². The van der Waals surface area contributed by atoms with E-state index in [4.69, 9.17) is 4.18 Å². The summed E-state index contributed by atoms with van der Waals surface area (Å²) in [7, 11) is -3.79. The van der Waals surface area contributed by atoms with Crippen LogP contribution in [0.2, 0.25) is 0 Å². The van der Waals surface area contributed by atoms with Gasteiger partial charge in [0.05, 0.1) is 0 Å². The van der Waals surface area contributed by atoms with Gasteiger partial charge in [0.2, 0.25) is 0 Å². The molecule has 0 aliphatic rings. The highest BCUT2D eigenvalue weighted by atomic mass is 32.2. The number of hydrogen-bond donors (Lipinski definition) is 0. The molecule has 0 heterocycles. The first-order chi connectivity index (χ1) is 9.81. The normalized spacial score (nSPS) is 11.7. The Morgan fingerprint density at radius 2 is 1.48 bits per heavy atom. The van der Waals surface area contributed by atoms with E-state index in [2.05, 4.69) is 13.8 Å². The number of benzene rings is 2. The van der Waals surface area contributed by atoms with Gasteiger partial charge in [-0.2, -0.15) is 8.42 Å². The zero-order chi connectivity index (χ0) is 15.6. The number of hydrogen-bond acceptors (Lipinski definition) is 3. The summed E-state index contributed by atoms with van der Waals surface area (Å²) in [4.78, 5) is 0.164. The average Bonchev–Trinajstić information content (AvgIpc) is 2.43. The van der Waals surface area contributed by atoms with Crippen molar-refractivity contribution in [3.05, 3.63) is 59.2 Å². The van der Waals surface area contributed by atoms with E-state index in [9.17, 15) is 8.42 Å². The highest BCUT2D eigenvalue weighted by Crippen LogP contribution is 2.30. The Balaban J connectivity index is 2.41. The van der Waals surface area contributed by atoms with E-state index >= 15 is 0 Å². The predicted octanol–water partition coefficient (Wildman–Crippen LogP) is 4.19. The lowest BCUT2D eigenvalue weighted by atomic mass is 9.98. The Hall–Kier alpha value is -1.81. The molecule has 0 aliphatic carbocycles. The van der Waals surface area contributed by atoms with Crippen molar-refractivity contribution in [2.75, 3.05) is 0 Å². The van der Waals surface area contributed by atoms with Crippen LogP contribution in [0.4, 0.5) is 0 Å². The molecular formula is C17H20O3S. The van der Waals surface area contributed by atoms with Gasteiger partial charge in [0, 0.05) is 0 Å². The highest BCUT2D eigenvalue weighted by Gasteiger charge is 2.19. The topological polar surface area (TPSA) is 43.4 Å². The average molecular weight is 304 g/mol. The fourth-order valence-electron chi connectivity index (χ4n) is 2.19. The van der Waals surface area contributed by atoms with Crippen LogP contribution in [0.1, 0.15) is 36.5 Å². The molecule has 0 spiro atoms. The second-order valence-corrected chi connectivity index (χ2v) is 7.04.